The Hall–Kier alpha value is -2.31. The first-order valence-corrected chi connectivity index (χ1v) is 9.83. The molecule has 2 aromatic carbocycles. The molecule has 0 saturated heterocycles. The van der Waals surface area contributed by atoms with E-state index in [9.17, 15) is 0 Å². The van der Waals surface area contributed by atoms with Crippen molar-refractivity contribution in [1.29, 1.82) is 5.41 Å². The van der Waals surface area contributed by atoms with Gasteiger partial charge in [0.25, 0.3) is 0 Å². The van der Waals surface area contributed by atoms with Gasteiger partial charge in [-0.3, -0.25) is 5.41 Å². The number of benzene rings is 2. The summed E-state index contributed by atoms with van der Waals surface area (Å²) in [5.41, 5.74) is 4.22. The summed E-state index contributed by atoms with van der Waals surface area (Å²) >= 11 is 3.38. The highest BCUT2D eigenvalue weighted by molar-refractivity contribution is 7.77. The number of hydrogen-bond acceptors (Lipinski definition) is 4. The van der Waals surface area contributed by atoms with Crippen molar-refractivity contribution in [3.63, 3.8) is 0 Å². The van der Waals surface area contributed by atoms with E-state index in [0.29, 0.717) is 11.5 Å². The number of rotatable bonds is 7. The molecule has 5 nitrogen and oxygen atoms in total. The van der Waals surface area contributed by atoms with Crippen LogP contribution in [-0.4, -0.2) is 43.2 Å². The van der Waals surface area contributed by atoms with E-state index in [0.717, 1.165) is 36.2 Å². The van der Waals surface area contributed by atoms with Gasteiger partial charge in [0.15, 0.2) is 17.3 Å². The lowest BCUT2D eigenvalue weighted by atomic mass is 10.0. The molecule has 1 N–H and O–H groups in total. The maximum absolute atomic E-state index is 8.15. The highest BCUT2D eigenvalue weighted by Crippen LogP contribution is 2.31. The number of nitrogens with one attached hydrogen (secondary N) is 1. The normalized spacial score (nSPS) is 11.6. The Morgan fingerprint density at radius 3 is 2.43 bits per heavy atom. The number of aryl methyl sites for hydroxylation is 2. The van der Waals surface area contributed by atoms with Gasteiger partial charge in [-0.25, -0.2) is 0 Å². The lowest BCUT2D eigenvalue weighted by Gasteiger charge is -2.16. The Morgan fingerprint density at radius 1 is 1.14 bits per heavy atom. The average molecular weight is 401 g/mol. The molecule has 0 heterocycles. The van der Waals surface area contributed by atoms with Crippen molar-refractivity contribution < 1.29 is 9.47 Å². The average Bonchev–Trinajstić information content (AvgIpc) is 2.67. The highest BCUT2D eigenvalue weighted by atomic mass is 32.1. The monoisotopic (exact) mass is 400 g/mol. The van der Waals surface area contributed by atoms with Gasteiger partial charge in [-0.2, -0.15) is 0 Å². The van der Waals surface area contributed by atoms with Crippen LogP contribution >= 0.6 is 0 Å². The third-order valence-electron chi connectivity index (χ3n) is 4.67. The molecule has 0 aliphatic heterocycles. The van der Waals surface area contributed by atoms with E-state index < -0.39 is 0 Å². The van der Waals surface area contributed by atoms with Crippen molar-refractivity contribution in [3.8, 4) is 11.5 Å². The predicted octanol–water partition coefficient (Wildman–Crippen LogP) is 3.58. The Kier molecular flexibility index (Phi) is 8.08. The minimum atomic E-state index is 0.125. The van der Waals surface area contributed by atoms with Crippen LogP contribution in [0.2, 0.25) is 0 Å². The third-order valence-corrected chi connectivity index (χ3v) is 4.88. The molecule has 150 valence electrons. The van der Waals surface area contributed by atoms with Crippen LogP contribution in [0.15, 0.2) is 41.4 Å². The maximum Gasteiger partial charge on any atom is 0.414 e. The van der Waals surface area contributed by atoms with Crippen molar-refractivity contribution in [2.45, 2.75) is 27.2 Å². The summed E-state index contributed by atoms with van der Waals surface area (Å²) in [5.74, 6) is 1.34. The summed E-state index contributed by atoms with van der Waals surface area (Å²) in [6, 6.07) is 11.6. The summed E-state index contributed by atoms with van der Waals surface area (Å²) in [4.78, 5) is 6.47. The zero-order valence-electron chi connectivity index (χ0n) is 17.3. The highest BCUT2D eigenvalue weighted by Gasteiger charge is 2.14. The van der Waals surface area contributed by atoms with Crippen LogP contribution < -0.4 is 9.47 Å². The van der Waals surface area contributed by atoms with Crippen LogP contribution in [0, 0.1) is 19.3 Å². The van der Waals surface area contributed by atoms with Crippen molar-refractivity contribution in [2.75, 3.05) is 27.2 Å². The van der Waals surface area contributed by atoms with Gasteiger partial charge in [-0.05, 0) is 57.1 Å². The molecule has 2 aromatic rings. The Balaban J connectivity index is 2.16. The minimum Gasteiger partial charge on any atom is -0.493 e. The summed E-state index contributed by atoms with van der Waals surface area (Å²) in [6.07, 6.45) is 0.944. The van der Waals surface area contributed by atoms with Gasteiger partial charge in [-0.1, -0.05) is 36.8 Å². The first-order chi connectivity index (χ1) is 13.3. The Morgan fingerprint density at radius 2 is 1.82 bits per heavy atom. The number of aliphatic imine (C=N–C) groups is 1. The first-order valence-electron chi connectivity index (χ1n) is 9.33. The van der Waals surface area contributed by atoms with Gasteiger partial charge >= 0.3 is 5.23 Å². The second kappa shape index (κ2) is 10.3. The molecule has 0 fully saturated rings. The quantitative estimate of drug-likeness (QED) is 0.439. The van der Waals surface area contributed by atoms with Crippen molar-refractivity contribution in [2.24, 2.45) is 4.99 Å². The van der Waals surface area contributed by atoms with Gasteiger partial charge in [-0.15, -0.1) is 4.99 Å². The molecule has 0 aromatic heterocycles. The molecule has 0 bridgehead atoms. The lowest BCUT2D eigenvalue weighted by Crippen LogP contribution is -2.20. The standard InChI is InChI=1S/C22H29N3O2S/c1-6-25(4)12-11-18-14-19(26-5)20(13-16(18)3)27-22(28)24-21(23)17-9-7-15(2)8-10-17/h7-10,13-14H,6,11-12H2,1-5H3,(H2,23,24,28)/p+1. The largest absolute Gasteiger partial charge is 0.493 e. The smallest absolute Gasteiger partial charge is 0.414 e. The van der Waals surface area contributed by atoms with Gasteiger partial charge in [0, 0.05) is 12.1 Å². The number of nitrogens with zero attached hydrogens (tertiary/aromatic N) is 2. The van der Waals surface area contributed by atoms with Crippen molar-refractivity contribution in [1.82, 2.24) is 4.90 Å². The second-order valence-electron chi connectivity index (χ2n) is 6.81. The van der Waals surface area contributed by atoms with E-state index in [1.54, 1.807) is 7.11 Å². The maximum atomic E-state index is 8.15. The van der Waals surface area contributed by atoms with Crippen LogP contribution in [-0.2, 0) is 19.0 Å². The molecule has 6 heteroatoms. The van der Waals surface area contributed by atoms with E-state index in [2.05, 4.69) is 43.4 Å². The van der Waals surface area contributed by atoms with Gasteiger partial charge in [0.1, 0.15) is 0 Å². The topological polar surface area (TPSA) is 57.9 Å². The molecule has 2 rings (SSSR count). The van der Waals surface area contributed by atoms with E-state index in [1.165, 1.54) is 5.56 Å². The molecule has 0 aliphatic rings. The second-order valence-corrected chi connectivity index (χ2v) is 7.24. The SMILES string of the molecule is CCN(C)CCc1cc(OC)c(OC([SH2+])=NC(=N)c2ccc(C)cc2)cc1C. The summed E-state index contributed by atoms with van der Waals surface area (Å²) in [7, 11) is 3.73. The number of methoxy groups -OCH3 is 1. The zero-order chi connectivity index (χ0) is 20.7. The molecule has 0 spiro atoms. The van der Waals surface area contributed by atoms with Crippen LogP contribution in [0.4, 0.5) is 0 Å². The Labute approximate surface area is 173 Å². The van der Waals surface area contributed by atoms with E-state index in [-0.39, 0.29) is 11.1 Å². The first kappa shape index (κ1) is 22.0. The van der Waals surface area contributed by atoms with Crippen molar-refractivity contribution >= 4 is 23.7 Å². The predicted molar refractivity (Wildman–Crippen MR) is 121 cm³/mol. The van der Waals surface area contributed by atoms with Crippen molar-refractivity contribution in [3.05, 3.63) is 58.7 Å². The molecule has 0 saturated carbocycles. The lowest BCUT2D eigenvalue weighted by molar-refractivity contribution is 0.356. The summed E-state index contributed by atoms with van der Waals surface area (Å²) in [6.45, 7) is 8.22. The third kappa shape index (κ3) is 6.11. The molecular weight excluding hydrogens is 370 g/mol. The molecular formula is C22H30N3O2S+. The summed E-state index contributed by atoms with van der Waals surface area (Å²) < 4.78 is 11.3. The molecule has 0 aliphatic carbocycles. The fraction of sp³-hybridized carbons (Fsp3) is 0.364. The molecule has 0 radical (unpaired) electrons. The fourth-order valence-corrected chi connectivity index (χ4v) is 2.91. The van der Waals surface area contributed by atoms with E-state index in [1.807, 2.05) is 43.3 Å². The molecule has 0 atom stereocenters. The van der Waals surface area contributed by atoms with Crippen LogP contribution in [0.5, 0.6) is 11.5 Å². The minimum absolute atomic E-state index is 0.125. The van der Waals surface area contributed by atoms with Gasteiger partial charge in [0.05, 0.1) is 19.7 Å². The number of ether oxygens (including phenoxy) is 2. The fourth-order valence-electron chi connectivity index (χ4n) is 2.69. The van der Waals surface area contributed by atoms with Crippen LogP contribution in [0.1, 0.15) is 29.2 Å². The number of hydrogen-bond donors (Lipinski definition) is 1. The Bertz CT molecular complexity index is 848. The van der Waals surface area contributed by atoms with Gasteiger partial charge in [0.2, 0.25) is 0 Å². The van der Waals surface area contributed by atoms with E-state index in [4.69, 9.17) is 14.9 Å². The van der Waals surface area contributed by atoms with Gasteiger partial charge < -0.3 is 14.4 Å². The zero-order valence-corrected chi connectivity index (χ0v) is 18.3. The van der Waals surface area contributed by atoms with E-state index >= 15 is 0 Å². The summed E-state index contributed by atoms with van der Waals surface area (Å²) in [5, 5.41) is 8.36. The number of amidine groups is 1. The number of likely N-dealkylation sites (N-methyl/N-ethyl adjacent to an activating group) is 1. The van der Waals surface area contributed by atoms with Crippen LogP contribution in [0.3, 0.4) is 0 Å². The molecule has 0 unspecified atom stereocenters. The van der Waals surface area contributed by atoms with Crippen LogP contribution in [0.25, 0.3) is 0 Å². The molecule has 28 heavy (non-hydrogen) atoms. The molecule has 0 amide bonds.